The second kappa shape index (κ2) is 8.05. The summed E-state index contributed by atoms with van der Waals surface area (Å²) in [6.07, 6.45) is 0.448. The van der Waals surface area contributed by atoms with Crippen LogP contribution in [-0.2, 0) is 16.1 Å². The van der Waals surface area contributed by atoms with Gasteiger partial charge in [-0.1, -0.05) is 30.3 Å². The maximum absolute atomic E-state index is 9.74. The van der Waals surface area contributed by atoms with Crippen molar-refractivity contribution in [3.63, 3.8) is 0 Å². The topological polar surface area (TPSA) is 82.9 Å². The predicted octanol–water partition coefficient (Wildman–Crippen LogP) is 1.56. The zero-order valence-corrected chi connectivity index (χ0v) is 13.4. The van der Waals surface area contributed by atoms with Crippen LogP contribution in [0.25, 0.3) is 0 Å². The van der Waals surface area contributed by atoms with Crippen LogP contribution in [0, 0.1) is 0 Å². The second-order valence-electron chi connectivity index (χ2n) is 5.39. The summed E-state index contributed by atoms with van der Waals surface area (Å²) >= 11 is 0. The molecule has 7 nitrogen and oxygen atoms in total. The third kappa shape index (κ3) is 4.41. The van der Waals surface area contributed by atoms with Crippen LogP contribution in [0.3, 0.4) is 0 Å². The summed E-state index contributed by atoms with van der Waals surface area (Å²) in [6, 6.07) is 11.7. The van der Waals surface area contributed by atoms with Crippen LogP contribution in [-0.4, -0.2) is 47.3 Å². The molecule has 7 heteroatoms. The average Bonchev–Trinajstić information content (AvgIpc) is 2.99. The van der Waals surface area contributed by atoms with Gasteiger partial charge in [-0.15, -0.1) is 0 Å². The number of aromatic nitrogens is 2. The molecule has 128 valence electrons. The van der Waals surface area contributed by atoms with Crippen molar-refractivity contribution < 1.29 is 24.1 Å². The molecule has 0 unspecified atom stereocenters. The third-order valence-electron chi connectivity index (χ3n) is 3.68. The van der Waals surface area contributed by atoms with Gasteiger partial charge in [0.2, 0.25) is 5.88 Å². The first-order valence-electron chi connectivity index (χ1n) is 7.73. The van der Waals surface area contributed by atoms with Gasteiger partial charge in [0.1, 0.15) is 12.7 Å². The van der Waals surface area contributed by atoms with Crippen molar-refractivity contribution in [1.82, 2.24) is 9.97 Å². The van der Waals surface area contributed by atoms with Crippen LogP contribution in [0.5, 0.6) is 11.9 Å². The third-order valence-corrected chi connectivity index (χ3v) is 3.68. The lowest BCUT2D eigenvalue weighted by molar-refractivity contribution is -0.110. The monoisotopic (exact) mass is 332 g/mol. The Kier molecular flexibility index (Phi) is 5.58. The van der Waals surface area contributed by atoms with Crippen molar-refractivity contribution in [2.24, 2.45) is 0 Å². The summed E-state index contributed by atoms with van der Waals surface area (Å²) in [5.74, 6) is 0.421. The van der Waals surface area contributed by atoms with Gasteiger partial charge in [-0.05, 0) is 5.56 Å². The normalized spacial score (nSPS) is 23.2. The molecule has 24 heavy (non-hydrogen) atoms. The first-order valence-corrected chi connectivity index (χ1v) is 7.73. The maximum atomic E-state index is 9.74. The van der Waals surface area contributed by atoms with E-state index in [1.54, 1.807) is 12.3 Å². The summed E-state index contributed by atoms with van der Waals surface area (Å²) in [4.78, 5) is 8.09. The predicted molar refractivity (Wildman–Crippen MR) is 84.6 cm³/mol. The zero-order valence-electron chi connectivity index (χ0n) is 13.4. The standard InChI is InChI=1S/C17H20N2O5/c1-21-15-7-8-18-17(19-15)23-11-14-13(9-16(20)24-14)22-10-12-5-3-2-4-6-12/h2-8,13-14,16,20H,9-11H2,1H3/t13-,14-,16-/m1/s1. The van der Waals surface area contributed by atoms with Crippen LogP contribution < -0.4 is 9.47 Å². The molecule has 2 aromatic rings. The molecule has 3 rings (SSSR count). The summed E-state index contributed by atoms with van der Waals surface area (Å²) in [5.41, 5.74) is 1.06. The number of nitrogens with zero attached hydrogens (tertiary/aromatic N) is 2. The minimum atomic E-state index is -0.856. The van der Waals surface area contributed by atoms with E-state index in [9.17, 15) is 5.11 Å². The molecule has 0 saturated carbocycles. The molecule has 2 heterocycles. The number of hydrogen-bond donors (Lipinski definition) is 1. The number of ether oxygens (including phenoxy) is 4. The molecular formula is C17H20N2O5. The first kappa shape index (κ1) is 16.6. The Bertz CT molecular complexity index is 640. The van der Waals surface area contributed by atoms with E-state index in [4.69, 9.17) is 18.9 Å². The van der Waals surface area contributed by atoms with Gasteiger partial charge in [0, 0.05) is 18.7 Å². The van der Waals surface area contributed by atoms with Crippen molar-refractivity contribution in [3.8, 4) is 11.9 Å². The van der Waals surface area contributed by atoms with Crippen molar-refractivity contribution in [2.75, 3.05) is 13.7 Å². The smallest absolute Gasteiger partial charge is 0.319 e. The Hall–Kier alpha value is -2.22. The molecule has 3 atom stereocenters. The molecule has 1 aliphatic heterocycles. The van der Waals surface area contributed by atoms with E-state index in [0.29, 0.717) is 18.9 Å². The molecule has 0 aliphatic carbocycles. The van der Waals surface area contributed by atoms with Crippen LogP contribution in [0.4, 0.5) is 0 Å². The highest BCUT2D eigenvalue weighted by Crippen LogP contribution is 2.23. The lowest BCUT2D eigenvalue weighted by atomic mass is 10.2. The highest BCUT2D eigenvalue weighted by Gasteiger charge is 2.35. The maximum Gasteiger partial charge on any atom is 0.319 e. The number of rotatable bonds is 7. The van der Waals surface area contributed by atoms with Crippen LogP contribution >= 0.6 is 0 Å². The van der Waals surface area contributed by atoms with E-state index in [1.807, 2.05) is 30.3 Å². The summed E-state index contributed by atoms with van der Waals surface area (Å²) < 4.78 is 21.9. The Morgan fingerprint density at radius 2 is 2.08 bits per heavy atom. The Labute approximate surface area is 140 Å². The van der Waals surface area contributed by atoms with Gasteiger partial charge in [-0.2, -0.15) is 4.98 Å². The molecule has 1 aromatic heterocycles. The van der Waals surface area contributed by atoms with E-state index >= 15 is 0 Å². The van der Waals surface area contributed by atoms with Crippen LogP contribution in [0.15, 0.2) is 42.6 Å². The number of methoxy groups -OCH3 is 1. The van der Waals surface area contributed by atoms with E-state index in [2.05, 4.69) is 9.97 Å². The lowest BCUT2D eigenvalue weighted by Crippen LogP contribution is -2.30. The molecule has 1 aromatic carbocycles. The lowest BCUT2D eigenvalue weighted by Gasteiger charge is -2.18. The van der Waals surface area contributed by atoms with Crippen molar-refractivity contribution in [1.29, 1.82) is 0 Å². The van der Waals surface area contributed by atoms with E-state index in [0.717, 1.165) is 5.56 Å². The summed E-state index contributed by atoms with van der Waals surface area (Å²) in [5, 5.41) is 9.74. The molecular weight excluding hydrogens is 312 g/mol. The van der Waals surface area contributed by atoms with Gasteiger partial charge >= 0.3 is 6.01 Å². The Balaban J connectivity index is 1.54. The summed E-state index contributed by atoms with van der Waals surface area (Å²) in [7, 11) is 1.52. The molecule has 1 fully saturated rings. The van der Waals surface area contributed by atoms with Crippen molar-refractivity contribution >= 4 is 0 Å². The Morgan fingerprint density at radius 1 is 1.25 bits per heavy atom. The van der Waals surface area contributed by atoms with Gasteiger partial charge < -0.3 is 24.1 Å². The van der Waals surface area contributed by atoms with E-state index < -0.39 is 12.4 Å². The van der Waals surface area contributed by atoms with Gasteiger partial charge in [0.05, 0.1) is 19.8 Å². The quantitative estimate of drug-likeness (QED) is 0.824. The molecule has 0 radical (unpaired) electrons. The van der Waals surface area contributed by atoms with Gasteiger partial charge in [-0.3, -0.25) is 0 Å². The van der Waals surface area contributed by atoms with E-state index in [-0.39, 0.29) is 18.7 Å². The van der Waals surface area contributed by atoms with Crippen LogP contribution in [0.2, 0.25) is 0 Å². The van der Waals surface area contributed by atoms with Crippen molar-refractivity contribution in [2.45, 2.75) is 31.5 Å². The average molecular weight is 332 g/mol. The minimum Gasteiger partial charge on any atom is -0.481 e. The fourth-order valence-electron chi connectivity index (χ4n) is 2.46. The Morgan fingerprint density at radius 3 is 2.88 bits per heavy atom. The summed E-state index contributed by atoms with van der Waals surface area (Å²) in [6.45, 7) is 0.636. The van der Waals surface area contributed by atoms with Gasteiger partial charge in [-0.25, -0.2) is 4.98 Å². The first-order chi connectivity index (χ1) is 11.7. The molecule has 0 bridgehead atoms. The number of aliphatic hydroxyl groups excluding tert-OH is 1. The molecule has 1 aliphatic rings. The number of benzene rings is 1. The number of aliphatic hydroxyl groups is 1. The van der Waals surface area contributed by atoms with Gasteiger partial charge in [0.25, 0.3) is 0 Å². The molecule has 0 amide bonds. The highest BCUT2D eigenvalue weighted by atomic mass is 16.6. The van der Waals surface area contributed by atoms with E-state index in [1.165, 1.54) is 7.11 Å². The highest BCUT2D eigenvalue weighted by molar-refractivity contribution is 5.13. The van der Waals surface area contributed by atoms with Crippen LogP contribution in [0.1, 0.15) is 12.0 Å². The zero-order chi connectivity index (χ0) is 16.8. The molecule has 0 spiro atoms. The molecule has 1 N–H and O–H groups in total. The minimum absolute atomic E-state index is 0.184. The number of hydrogen-bond acceptors (Lipinski definition) is 7. The van der Waals surface area contributed by atoms with Gasteiger partial charge in [0.15, 0.2) is 6.29 Å². The fraction of sp³-hybridized carbons (Fsp3) is 0.412. The fourth-order valence-corrected chi connectivity index (χ4v) is 2.46. The molecule has 1 saturated heterocycles. The largest absolute Gasteiger partial charge is 0.481 e. The SMILES string of the molecule is COc1ccnc(OC[C@H]2O[C@@H](O)C[C@H]2OCc2ccccc2)n1. The second-order valence-corrected chi connectivity index (χ2v) is 5.39. The van der Waals surface area contributed by atoms with Crippen molar-refractivity contribution in [3.05, 3.63) is 48.2 Å².